The molecule has 1 amide bonds. The third-order valence-electron chi connectivity index (χ3n) is 3.34. The molecule has 2 N–H and O–H groups in total. The van der Waals surface area contributed by atoms with E-state index in [9.17, 15) is 15.2 Å². The van der Waals surface area contributed by atoms with Gasteiger partial charge in [0.2, 0.25) is 0 Å². The molecule has 0 radical (unpaired) electrons. The van der Waals surface area contributed by atoms with Crippen LogP contribution in [0, 0.1) is 11.3 Å². The minimum Gasteiger partial charge on any atom is -0.508 e. The first-order chi connectivity index (χ1) is 12.5. The molecule has 26 heavy (non-hydrogen) atoms. The lowest BCUT2D eigenvalue weighted by atomic mass is 10.1. The van der Waals surface area contributed by atoms with Crippen LogP contribution in [0.3, 0.4) is 0 Å². The summed E-state index contributed by atoms with van der Waals surface area (Å²) in [5.41, 5.74) is 1.00. The molecule has 0 aliphatic heterocycles. The smallest absolute Gasteiger partial charge is 0.266 e. The maximum Gasteiger partial charge on any atom is 0.266 e. The van der Waals surface area contributed by atoms with Crippen molar-refractivity contribution < 1.29 is 19.4 Å². The Hall–Kier alpha value is -2.98. The van der Waals surface area contributed by atoms with Gasteiger partial charge in [-0.15, -0.1) is 0 Å². The van der Waals surface area contributed by atoms with Crippen LogP contribution in [0.1, 0.15) is 12.5 Å². The average Bonchev–Trinajstić information content (AvgIpc) is 2.63. The highest BCUT2D eigenvalue weighted by Crippen LogP contribution is 2.37. The van der Waals surface area contributed by atoms with Crippen LogP contribution in [0.4, 0.5) is 5.69 Å². The summed E-state index contributed by atoms with van der Waals surface area (Å²) in [7, 11) is 1.51. The van der Waals surface area contributed by atoms with Crippen molar-refractivity contribution in [1.29, 1.82) is 5.26 Å². The summed E-state index contributed by atoms with van der Waals surface area (Å²) in [6.45, 7) is 2.34. The number of hydrogen-bond donors (Lipinski definition) is 2. The van der Waals surface area contributed by atoms with Crippen LogP contribution < -0.4 is 14.8 Å². The van der Waals surface area contributed by atoms with Crippen molar-refractivity contribution in [3.63, 3.8) is 0 Å². The van der Waals surface area contributed by atoms with Crippen LogP contribution in [0.5, 0.6) is 17.2 Å². The molecule has 2 aromatic rings. The maximum atomic E-state index is 12.3. The SMILES string of the molecule is CCOc1c(Br)cc(/C=C(/C#N)C(=O)Nc2ccc(O)cc2)cc1OC. The van der Waals surface area contributed by atoms with Gasteiger partial charge < -0.3 is 19.9 Å². The third kappa shape index (κ3) is 4.77. The molecule has 0 aromatic heterocycles. The van der Waals surface area contributed by atoms with E-state index in [-0.39, 0.29) is 11.3 Å². The van der Waals surface area contributed by atoms with Crippen LogP contribution in [0.2, 0.25) is 0 Å². The van der Waals surface area contributed by atoms with Gasteiger partial charge in [0.1, 0.15) is 17.4 Å². The molecule has 0 aliphatic rings. The first-order valence-corrected chi connectivity index (χ1v) is 8.50. The van der Waals surface area contributed by atoms with Gasteiger partial charge in [0.15, 0.2) is 11.5 Å². The summed E-state index contributed by atoms with van der Waals surface area (Å²) in [6, 6.07) is 11.3. The summed E-state index contributed by atoms with van der Waals surface area (Å²) in [5.74, 6) is 0.579. The summed E-state index contributed by atoms with van der Waals surface area (Å²) in [5, 5.41) is 21.2. The molecular weight excluding hydrogens is 400 g/mol. The molecule has 7 heteroatoms. The first-order valence-electron chi connectivity index (χ1n) is 7.71. The standard InChI is InChI=1S/C19H17BrN2O4/c1-3-26-18-16(20)9-12(10-17(18)25-2)8-13(11-21)19(24)22-14-4-6-15(23)7-5-14/h4-10,23H,3H2,1-2H3,(H,22,24)/b13-8-. The lowest BCUT2D eigenvalue weighted by molar-refractivity contribution is -0.112. The Morgan fingerprint density at radius 3 is 2.62 bits per heavy atom. The molecule has 0 bridgehead atoms. The summed E-state index contributed by atoms with van der Waals surface area (Å²) in [4.78, 5) is 12.3. The minimum absolute atomic E-state index is 0.0730. The zero-order chi connectivity index (χ0) is 19.1. The quantitative estimate of drug-likeness (QED) is 0.419. The number of nitriles is 1. The number of nitrogens with one attached hydrogen (secondary N) is 1. The van der Waals surface area contributed by atoms with Crippen molar-refractivity contribution in [2.24, 2.45) is 0 Å². The zero-order valence-corrected chi connectivity index (χ0v) is 15.8. The summed E-state index contributed by atoms with van der Waals surface area (Å²) in [6.07, 6.45) is 1.46. The summed E-state index contributed by atoms with van der Waals surface area (Å²) >= 11 is 3.41. The van der Waals surface area contributed by atoms with E-state index in [1.54, 1.807) is 24.3 Å². The molecule has 0 aliphatic carbocycles. The van der Waals surface area contributed by atoms with Crippen LogP contribution in [-0.2, 0) is 4.79 Å². The highest BCUT2D eigenvalue weighted by molar-refractivity contribution is 9.10. The fraction of sp³-hybridized carbons (Fsp3) is 0.158. The zero-order valence-electron chi connectivity index (χ0n) is 14.2. The number of anilines is 1. The average molecular weight is 417 g/mol. The van der Waals surface area contributed by atoms with Gasteiger partial charge in [0.05, 0.1) is 18.2 Å². The van der Waals surface area contributed by atoms with Gasteiger partial charge in [-0.1, -0.05) is 0 Å². The number of phenolic OH excluding ortho intramolecular Hbond substituents is 1. The molecule has 2 rings (SSSR count). The Kier molecular flexibility index (Phi) is 6.64. The lowest BCUT2D eigenvalue weighted by Gasteiger charge is -2.12. The molecule has 0 unspecified atom stereocenters. The number of ether oxygens (including phenoxy) is 2. The largest absolute Gasteiger partial charge is 0.508 e. The van der Waals surface area contributed by atoms with E-state index in [0.29, 0.717) is 33.8 Å². The molecule has 0 saturated heterocycles. The monoisotopic (exact) mass is 416 g/mol. The van der Waals surface area contributed by atoms with Crippen LogP contribution >= 0.6 is 15.9 Å². The number of methoxy groups -OCH3 is 1. The van der Waals surface area contributed by atoms with Gasteiger partial charge in [0.25, 0.3) is 5.91 Å². The second-order valence-corrected chi connectivity index (χ2v) is 5.99. The molecular formula is C19H17BrN2O4. The van der Waals surface area contributed by atoms with E-state index in [4.69, 9.17) is 9.47 Å². The lowest BCUT2D eigenvalue weighted by Crippen LogP contribution is -2.13. The van der Waals surface area contributed by atoms with Gasteiger partial charge in [-0.2, -0.15) is 5.26 Å². The highest BCUT2D eigenvalue weighted by Gasteiger charge is 2.13. The Bertz CT molecular complexity index is 870. The number of aromatic hydroxyl groups is 1. The molecule has 0 spiro atoms. The summed E-state index contributed by atoms with van der Waals surface area (Å²) < 4.78 is 11.5. The van der Waals surface area contributed by atoms with Gasteiger partial charge >= 0.3 is 0 Å². The number of nitrogens with zero attached hydrogens (tertiary/aromatic N) is 1. The number of hydrogen-bond acceptors (Lipinski definition) is 5. The number of amides is 1. The van der Waals surface area contributed by atoms with Gasteiger partial charge in [-0.3, -0.25) is 4.79 Å². The molecule has 6 nitrogen and oxygen atoms in total. The topological polar surface area (TPSA) is 91.6 Å². The van der Waals surface area contributed by atoms with E-state index < -0.39 is 5.91 Å². The van der Waals surface area contributed by atoms with E-state index in [2.05, 4.69) is 21.2 Å². The van der Waals surface area contributed by atoms with Crippen LogP contribution in [-0.4, -0.2) is 24.7 Å². The number of rotatable bonds is 6. The van der Waals surface area contributed by atoms with E-state index >= 15 is 0 Å². The predicted octanol–water partition coefficient (Wildman–Crippen LogP) is 4.11. The van der Waals surface area contributed by atoms with Crippen molar-refractivity contribution in [2.45, 2.75) is 6.92 Å². The van der Waals surface area contributed by atoms with Crippen molar-refractivity contribution in [3.05, 3.63) is 52.0 Å². The second kappa shape index (κ2) is 8.92. The molecule has 0 heterocycles. The van der Waals surface area contributed by atoms with E-state index in [1.807, 2.05) is 13.0 Å². The van der Waals surface area contributed by atoms with Gasteiger partial charge in [0, 0.05) is 5.69 Å². The molecule has 0 fully saturated rings. The van der Waals surface area contributed by atoms with Crippen molar-refractivity contribution in [3.8, 4) is 23.3 Å². The number of halogens is 1. The Morgan fingerprint density at radius 2 is 2.04 bits per heavy atom. The van der Waals surface area contributed by atoms with Crippen molar-refractivity contribution in [2.75, 3.05) is 19.0 Å². The van der Waals surface area contributed by atoms with Crippen LogP contribution in [0.25, 0.3) is 6.08 Å². The number of benzene rings is 2. The third-order valence-corrected chi connectivity index (χ3v) is 3.93. The van der Waals surface area contributed by atoms with E-state index in [1.165, 1.54) is 25.3 Å². The number of carbonyl (C=O) groups excluding carboxylic acids is 1. The molecule has 2 aromatic carbocycles. The number of phenols is 1. The van der Waals surface area contributed by atoms with Gasteiger partial charge in [-0.05, 0) is 70.9 Å². The highest BCUT2D eigenvalue weighted by atomic mass is 79.9. The van der Waals surface area contributed by atoms with Gasteiger partial charge in [-0.25, -0.2) is 0 Å². The van der Waals surface area contributed by atoms with E-state index in [0.717, 1.165) is 0 Å². The molecule has 134 valence electrons. The Labute approximate surface area is 159 Å². The van der Waals surface area contributed by atoms with Crippen LogP contribution in [0.15, 0.2) is 46.4 Å². The first kappa shape index (κ1) is 19.3. The minimum atomic E-state index is -0.554. The molecule has 0 saturated carbocycles. The normalized spacial score (nSPS) is 10.8. The van der Waals surface area contributed by atoms with Crippen molar-refractivity contribution in [1.82, 2.24) is 0 Å². The second-order valence-electron chi connectivity index (χ2n) is 5.14. The fourth-order valence-corrected chi connectivity index (χ4v) is 2.74. The fourth-order valence-electron chi connectivity index (χ4n) is 2.17. The Morgan fingerprint density at radius 1 is 1.35 bits per heavy atom. The number of carbonyl (C=O) groups is 1. The van der Waals surface area contributed by atoms with Crippen molar-refractivity contribution >= 4 is 33.6 Å². The maximum absolute atomic E-state index is 12.3. The predicted molar refractivity (Wildman–Crippen MR) is 102 cm³/mol. The molecule has 0 atom stereocenters. The Balaban J connectivity index is 2.30.